The first-order valence-corrected chi connectivity index (χ1v) is 9.19. The SMILES string of the molecule is N#Cc1cc(F)cc2c1nc(N1CC[C@@H](F)[C@H](N)C1)n2Cc1ccc(Cl)cn1. The maximum atomic E-state index is 14.1. The van der Waals surface area contributed by atoms with E-state index in [1.54, 1.807) is 16.7 Å². The number of pyridine rings is 1. The highest BCUT2D eigenvalue weighted by molar-refractivity contribution is 6.30. The van der Waals surface area contributed by atoms with Gasteiger partial charge in [-0.2, -0.15) is 5.26 Å². The summed E-state index contributed by atoms with van der Waals surface area (Å²) in [7, 11) is 0. The Hall–Kier alpha value is -2.76. The molecular weight excluding hydrogens is 386 g/mol. The summed E-state index contributed by atoms with van der Waals surface area (Å²) in [5.74, 6) is -0.0174. The van der Waals surface area contributed by atoms with E-state index >= 15 is 0 Å². The quantitative estimate of drug-likeness (QED) is 0.728. The molecule has 0 bridgehead atoms. The summed E-state index contributed by atoms with van der Waals surface area (Å²) in [6.45, 7) is 1.00. The molecular formula is C19H17ClF2N6. The van der Waals surface area contributed by atoms with Crippen LogP contribution in [-0.4, -0.2) is 39.8 Å². The fourth-order valence-corrected chi connectivity index (χ4v) is 3.57. The average Bonchev–Trinajstić information content (AvgIpc) is 3.03. The second-order valence-corrected chi connectivity index (χ2v) is 7.25. The number of hydrogen-bond donors (Lipinski definition) is 1. The van der Waals surface area contributed by atoms with Gasteiger partial charge >= 0.3 is 0 Å². The lowest BCUT2D eigenvalue weighted by Crippen LogP contribution is -2.50. The third-order valence-corrected chi connectivity index (χ3v) is 5.10. The molecule has 0 spiro atoms. The zero-order valence-electron chi connectivity index (χ0n) is 14.8. The van der Waals surface area contributed by atoms with Crippen molar-refractivity contribution < 1.29 is 8.78 Å². The van der Waals surface area contributed by atoms with E-state index in [1.807, 2.05) is 11.0 Å². The molecule has 0 aliphatic carbocycles. The molecule has 2 N–H and O–H groups in total. The standard InChI is InChI=1S/C19H17ClF2N6/c20-12-1-2-14(25-8-12)9-28-17-6-13(21)5-11(7-23)18(17)26-19(28)27-4-3-15(22)16(24)10-27/h1-2,5-6,8,15-16H,3-4,9-10,24H2/t15-,16-/m1/s1. The smallest absolute Gasteiger partial charge is 0.207 e. The molecule has 0 radical (unpaired) electrons. The Morgan fingerprint density at radius 1 is 1.36 bits per heavy atom. The van der Waals surface area contributed by atoms with Crippen LogP contribution in [-0.2, 0) is 6.54 Å². The summed E-state index contributed by atoms with van der Waals surface area (Å²) in [4.78, 5) is 10.8. The van der Waals surface area contributed by atoms with Gasteiger partial charge in [0.1, 0.15) is 23.6 Å². The van der Waals surface area contributed by atoms with Crippen LogP contribution in [0, 0.1) is 17.1 Å². The van der Waals surface area contributed by atoms with E-state index in [-0.39, 0.29) is 18.5 Å². The van der Waals surface area contributed by atoms with Crippen LogP contribution in [0.1, 0.15) is 17.7 Å². The average molecular weight is 403 g/mol. The molecule has 1 aliphatic heterocycles. The zero-order chi connectivity index (χ0) is 19.8. The Kier molecular flexibility index (Phi) is 4.87. The second kappa shape index (κ2) is 7.34. The maximum Gasteiger partial charge on any atom is 0.207 e. The fourth-order valence-electron chi connectivity index (χ4n) is 3.46. The molecule has 144 valence electrons. The number of nitriles is 1. The van der Waals surface area contributed by atoms with E-state index in [0.717, 1.165) is 6.07 Å². The third-order valence-electron chi connectivity index (χ3n) is 4.88. The van der Waals surface area contributed by atoms with Gasteiger partial charge in [-0.25, -0.2) is 13.8 Å². The van der Waals surface area contributed by atoms with Crippen LogP contribution in [0.2, 0.25) is 5.02 Å². The van der Waals surface area contributed by atoms with Gasteiger partial charge in [-0.1, -0.05) is 11.6 Å². The number of nitrogens with two attached hydrogens (primary N) is 1. The normalized spacial score (nSPS) is 19.8. The number of nitrogens with zero attached hydrogens (tertiary/aromatic N) is 5. The lowest BCUT2D eigenvalue weighted by atomic mass is 10.1. The fraction of sp³-hybridized carbons (Fsp3) is 0.316. The molecule has 2 atom stereocenters. The number of fused-ring (bicyclic) bond motifs is 1. The van der Waals surface area contributed by atoms with Crippen molar-refractivity contribution in [2.24, 2.45) is 5.73 Å². The summed E-state index contributed by atoms with van der Waals surface area (Å²) in [6, 6.07) is 7.33. The Balaban J connectivity index is 1.85. The van der Waals surface area contributed by atoms with Crippen LogP contribution in [0.25, 0.3) is 11.0 Å². The summed E-state index contributed by atoms with van der Waals surface area (Å²) in [5.41, 5.74) is 7.60. The van der Waals surface area contributed by atoms with Crippen molar-refractivity contribution in [1.29, 1.82) is 5.26 Å². The van der Waals surface area contributed by atoms with E-state index in [1.165, 1.54) is 12.3 Å². The first kappa shape index (κ1) is 18.6. The number of rotatable bonds is 3. The molecule has 1 saturated heterocycles. The van der Waals surface area contributed by atoms with Crippen LogP contribution >= 0.6 is 11.6 Å². The third kappa shape index (κ3) is 3.39. The van der Waals surface area contributed by atoms with Gasteiger partial charge in [-0.15, -0.1) is 0 Å². The van der Waals surface area contributed by atoms with Crippen LogP contribution < -0.4 is 10.6 Å². The molecule has 9 heteroatoms. The maximum absolute atomic E-state index is 14.1. The van der Waals surface area contributed by atoms with Crippen LogP contribution in [0.15, 0.2) is 30.5 Å². The summed E-state index contributed by atoms with van der Waals surface area (Å²) in [5, 5.41) is 9.90. The van der Waals surface area contributed by atoms with Gasteiger partial charge in [0.25, 0.3) is 0 Å². The monoisotopic (exact) mass is 402 g/mol. The van der Waals surface area contributed by atoms with E-state index in [0.29, 0.717) is 40.8 Å². The van der Waals surface area contributed by atoms with E-state index in [9.17, 15) is 14.0 Å². The largest absolute Gasteiger partial charge is 0.340 e. The van der Waals surface area contributed by atoms with Crippen molar-refractivity contribution in [2.45, 2.75) is 25.2 Å². The summed E-state index contributed by atoms with van der Waals surface area (Å²) >= 11 is 5.91. The van der Waals surface area contributed by atoms with Gasteiger partial charge in [0.05, 0.1) is 34.4 Å². The minimum Gasteiger partial charge on any atom is -0.340 e. The summed E-state index contributed by atoms with van der Waals surface area (Å²) < 4.78 is 29.7. The van der Waals surface area contributed by atoms with E-state index in [2.05, 4.69) is 9.97 Å². The molecule has 0 amide bonds. The first-order valence-electron chi connectivity index (χ1n) is 8.81. The molecule has 2 aromatic heterocycles. The van der Waals surface area contributed by atoms with E-state index < -0.39 is 18.0 Å². The number of alkyl halides is 1. The van der Waals surface area contributed by atoms with Gasteiger partial charge in [0.2, 0.25) is 5.95 Å². The minimum atomic E-state index is -1.07. The van der Waals surface area contributed by atoms with Crippen molar-refractivity contribution in [2.75, 3.05) is 18.0 Å². The summed E-state index contributed by atoms with van der Waals surface area (Å²) in [6.07, 6.45) is 0.740. The highest BCUT2D eigenvalue weighted by Gasteiger charge is 2.29. The highest BCUT2D eigenvalue weighted by Crippen LogP contribution is 2.29. The number of aromatic nitrogens is 3. The molecule has 1 fully saturated rings. The van der Waals surface area contributed by atoms with Crippen LogP contribution in [0.5, 0.6) is 0 Å². The number of hydrogen-bond acceptors (Lipinski definition) is 5. The molecule has 1 aromatic carbocycles. The highest BCUT2D eigenvalue weighted by atomic mass is 35.5. The van der Waals surface area contributed by atoms with Crippen molar-refractivity contribution >= 4 is 28.6 Å². The van der Waals surface area contributed by atoms with Crippen LogP contribution in [0.4, 0.5) is 14.7 Å². The molecule has 0 unspecified atom stereocenters. The number of piperidine rings is 1. The second-order valence-electron chi connectivity index (χ2n) is 6.81. The molecule has 6 nitrogen and oxygen atoms in total. The lowest BCUT2D eigenvalue weighted by molar-refractivity contribution is 0.243. The Bertz CT molecular complexity index is 1060. The van der Waals surface area contributed by atoms with Crippen molar-refractivity contribution in [3.63, 3.8) is 0 Å². The Morgan fingerprint density at radius 2 is 2.18 bits per heavy atom. The van der Waals surface area contributed by atoms with Crippen LogP contribution in [0.3, 0.4) is 0 Å². The molecule has 3 heterocycles. The van der Waals surface area contributed by atoms with Gasteiger partial charge < -0.3 is 15.2 Å². The number of halogens is 3. The van der Waals surface area contributed by atoms with E-state index in [4.69, 9.17) is 17.3 Å². The first-order chi connectivity index (χ1) is 13.5. The van der Waals surface area contributed by atoms with Crippen molar-refractivity contribution in [3.8, 4) is 6.07 Å². The predicted molar refractivity (Wildman–Crippen MR) is 102 cm³/mol. The molecule has 1 aliphatic rings. The molecule has 3 aromatic rings. The minimum absolute atomic E-state index is 0.142. The van der Waals surface area contributed by atoms with Gasteiger partial charge in [-0.3, -0.25) is 4.98 Å². The predicted octanol–water partition coefficient (Wildman–Crippen LogP) is 3.02. The van der Waals surface area contributed by atoms with Gasteiger partial charge in [-0.05, 0) is 30.7 Å². The number of benzene rings is 1. The lowest BCUT2D eigenvalue weighted by Gasteiger charge is -2.34. The number of imidazole rings is 1. The Labute approximate surface area is 165 Å². The number of anilines is 1. The van der Waals surface area contributed by atoms with Gasteiger partial charge in [0.15, 0.2) is 0 Å². The van der Waals surface area contributed by atoms with Gasteiger partial charge in [0, 0.05) is 19.3 Å². The molecule has 4 rings (SSSR count). The topological polar surface area (TPSA) is 83.8 Å². The Morgan fingerprint density at radius 3 is 2.86 bits per heavy atom. The molecule has 28 heavy (non-hydrogen) atoms. The zero-order valence-corrected chi connectivity index (χ0v) is 15.6. The van der Waals surface area contributed by atoms with Crippen molar-refractivity contribution in [1.82, 2.24) is 14.5 Å². The molecule has 0 saturated carbocycles. The van der Waals surface area contributed by atoms with Crippen molar-refractivity contribution in [3.05, 3.63) is 52.6 Å².